The SMILES string of the molecule is Cc1ccnc(C)c1C(=O)NCCC(C)N1CCC(C2(c3ccccc3-c3ccc(OC(F)(F)F)cc3)OC=CO2)CC1. The molecule has 1 unspecified atom stereocenters. The summed E-state index contributed by atoms with van der Waals surface area (Å²) in [6.45, 7) is 8.16. The molecule has 43 heavy (non-hydrogen) atoms. The molecule has 0 bridgehead atoms. The number of aromatic nitrogens is 1. The van der Waals surface area contributed by atoms with Gasteiger partial charge in [-0.1, -0.05) is 36.4 Å². The Labute approximate surface area is 249 Å². The van der Waals surface area contributed by atoms with Gasteiger partial charge in [-0.2, -0.15) is 0 Å². The summed E-state index contributed by atoms with van der Waals surface area (Å²) in [5, 5.41) is 3.05. The maximum atomic E-state index is 12.8. The molecule has 1 amide bonds. The molecule has 2 aromatic carbocycles. The summed E-state index contributed by atoms with van der Waals surface area (Å²) in [6.07, 6.45) is 2.52. The fraction of sp³-hybridized carbons (Fsp3) is 0.394. The number of aryl methyl sites for hydroxylation is 2. The summed E-state index contributed by atoms with van der Waals surface area (Å²) in [5.41, 5.74) is 4.64. The Hall–Kier alpha value is -4.05. The van der Waals surface area contributed by atoms with E-state index in [0.717, 1.165) is 60.3 Å². The lowest BCUT2D eigenvalue weighted by atomic mass is 9.80. The zero-order chi connectivity index (χ0) is 30.6. The largest absolute Gasteiger partial charge is 0.573 e. The van der Waals surface area contributed by atoms with E-state index in [1.54, 1.807) is 30.9 Å². The minimum atomic E-state index is -4.75. The van der Waals surface area contributed by atoms with Crippen LogP contribution >= 0.6 is 0 Å². The summed E-state index contributed by atoms with van der Waals surface area (Å²) in [7, 11) is 0. The van der Waals surface area contributed by atoms with Crippen LogP contribution in [-0.4, -0.2) is 47.8 Å². The maximum absolute atomic E-state index is 12.8. The lowest BCUT2D eigenvalue weighted by Gasteiger charge is -2.43. The second-order valence-electron chi connectivity index (χ2n) is 11.1. The van der Waals surface area contributed by atoms with Crippen molar-refractivity contribution >= 4 is 5.91 Å². The number of alkyl halides is 3. The van der Waals surface area contributed by atoms with Gasteiger partial charge in [-0.05, 0) is 88.0 Å². The van der Waals surface area contributed by atoms with Crippen LogP contribution in [0.25, 0.3) is 11.1 Å². The Bertz CT molecular complexity index is 1420. The number of halogens is 3. The third-order valence-electron chi connectivity index (χ3n) is 8.36. The molecule has 0 aliphatic carbocycles. The maximum Gasteiger partial charge on any atom is 0.573 e. The first-order valence-corrected chi connectivity index (χ1v) is 14.5. The number of nitrogens with zero attached hydrogens (tertiary/aromatic N) is 2. The van der Waals surface area contributed by atoms with Crippen LogP contribution in [0.3, 0.4) is 0 Å². The fourth-order valence-electron chi connectivity index (χ4n) is 6.12. The highest BCUT2D eigenvalue weighted by Gasteiger charge is 2.48. The van der Waals surface area contributed by atoms with E-state index in [9.17, 15) is 18.0 Å². The molecule has 3 aromatic rings. The van der Waals surface area contributed by atoms with Crippen molar-refractivity contribution < 1.29 is 32.2 Å². The van der Waals surface area contributed by atoms with Crippen LogP contribution in [0.2, 0.25) is 0 Å². The molecule has 7 nitrogen and oxygen atoms in total. The molecule has 5 rings (SSSR count). The normalized spacial score (nSPS) is 17.6. The van der Waals surface area contributed by atoms with Crippen LogP contribution in [0.1, 0.15) is 53.4 Å². The molecule has 1 atom stereocenters. The van der Waals surface area contributed by atoms with Crippen LogP contribution in [0.4, 0.5) is 13.2 Å². The fourth-order valence-corrected chi connectivity index (χ4v) is 6.12. The topological polar surface area (TPSA) is 72.9 Å². The average Bonchev–Trinajstić information content (AvgIpc) is 3.48. The minimum Gasteiger partial charge on any atom is -0.452 e. The second-order valence-corrected chi connectivity index (χ2v) is 11.1. The van der Waals surface area contributed by atoms with E-state index in [2.05, 4.69) is 26.9 Å². The number of likely N-dealkylation sites (tertiary alicyclic amines) is 1. The lowest BCUT2D eigenvalue weighted by Crippen LogP contribution is -2.47. The van der Waals surface area contributed by atoms with Gasteiger partial charge in [-0.15, -0.1) is 13.2 Å². The van der Waals surface area contributed by atoms with Crippen molar-refractivity contribution in [2.24, 2.45) is 5.92 Å². The van der Waals surface area contributed by atoms with Crippen LogP contribution in [0.5, 0.6) is 5.75 Å². The smallest absolute Gasteiger partial charge is 0.452 e. The van der Waals surface area contributed by atoms with Crippen molar-refractivity contribution in [2.45, 2.75) is 58.2 Å². The van der Waals surface area contributed by atoms with Gasteiger partial charge in [0.15, 0.2) is 0 Å². The molecule has 0 spiro atoms. The number of pyridine rings is 1. The number of hydrogen-bond acceptors (Lipinski definition) is 6. The Kier molecular flexibility index (Phi) is 8.96. The van der Waals surface area contributed by atoms with Crippen molar-refractivity contribution in [3.8, 4) is 16.9 Å². The second kappa shape index (κ2) is 12.7. The van der Waals surface area contributed by atoms with Gasteiger partial charge in [0, 0.05) is 30.3 Å². The highest BCUT2D eigenvalue weighted by molar-refractivity contribution is 5.96. The number of carbonyl (C=O) groups is 1. The van der Waals surface area contributed by atoms with E-state index >= 15 is 0 Å². The molecule has 228 valence electrons. The highest BCUT2D eigenvalue weighted by Crippen LogP contribution is 2.47. The number of nitrogens with one attached hydrogen (secondary N) is 1. The quantitative estimate of drug-likeness (QED) is 0.292. The molecule has 1 fully saturated rings. The van der Waals surface area contributed by atoms with Crippen molar-refractivity contribution in [1.82, 2.24) is 15.2 Å². The van der Waals surface area contributed by atoms with E-state index in [-0.39, 0.29) is 23.6 Å². The number of rotatable bonds is 9. The van der Waals surface area contributed by atoms with Crippen molar-refractivity contribution in [2.75, 3.05) is 19.6 Å². The van der Waals surface area contributed by atoms with E-state index < -0.39 is 12.1 Å². The molecule has 1 aromatic heterocycles. The van der Waals surface area contributed by atoms with Gasteiger partial charge in [0.25, 0.3) is 11.7 Å². The Morgan fingerprint density at radius 3 is 2.40 bits per heavy atom. The van der Waals surface area contributed by atoms with Crippen molar-refractivity contribution in [1.29, 1.82) is 0 Å². The number of ether oxygens (including phenoxy) is 3. The van der Waals surface area contributed by atoms with Gasteiger partial charge in [-0.25, -0.2) is 0 Å². The van der Waals surface area contributed by atoms with E-state index in [1.807, 2.05) is 44.2 Å². The van der Waals surface area contributed by atoms with Crippen molar-refractivity contribution in [3.05, 3.63) is 95.7 Å². The minimum absolute atomic E-state index is 0.0381. The van der Waals surface area contributed by atoms with Crippen LogP contribution in [0.15, 0.2) is 73.3 Å². The molecule has 1 N–H and O–H groups in total. The van der Waals surface area contributed by atoms with Gasteiger partial charge in [0.05, 0.1) is 11.3 Å². The molecule has 10 heteroatoms. The predicted octanol–water partition coefficient (Wildman–Crippen LogP) is 6.86. The summed E-state index contributed by atoms with van der Waals surface area (Å²) < 4.78 is 54.5. The van der Waals surface area contributed by atoms with Gasteiger partial charge in [-0.3, -0.25) is 9.78 Å². The lowest BCUT2D eigenvalue weighted by molar-refractivity contribution is -0.274. The number of piperidine rings is 1. The third-order valence-corrected chi connectivity index (χ3v) is 8.36. The molecule has 2 aliphatic heterocycles. The first kappa shape index (κ1) is 30.4. The number of hydrogen-bond donors (Lipinski definition) is 1. The van der Waals surface area contributed by atoms with Crippen LogP contribution < -0.4 is 10.1 Å². The first-order valence-electron chi connectivity index (χ1n) is 14.5. The van der Waals surface area contributed by atoms with Gasteiger partial charge in [0.2, 0.25) is 0 Å². The first-order chi connectivity index (χ1) is 20.6. The summed E-state index contributed by atoms with van der Waals surface area (Å²) >= 11 is 0. The van der Waals surface area contributed by atoms with Gasteiger partial charge < -0.3 is 24.4 Å². The Balaban J connectivity index is 1.23. The zero-order valence-electron chi connectivity index (χ0n) is 24.5. The third kappa shape index (κ3) is 6.80. The van der Waals surface area contributed by atoms with Gasteiger partial charge >= 0.3 is 6.36 Å². The van der Waals surface area contributed by atoms with E-state index in [0.29, 0.717) is 12.1 Å². The van der Waals surface area contributed by atoms with Crippen molar-refractivity contribution in [3.63, 3.8) is 0 Å². The number of amides is 1. The summed E-state index contributed by atoms with van der Waals surface area (Å²) in [5.74, 6) is -1.38. The van der Waals surface area contributed by atoms with Crippen LogP contribution in [0, 0.1) is 19.8 Å². The Morgan fingerprint density at radius 1 is 1.07 bits per heavy atom. The molecule has 0 saturated carbocycles. The summed E-state index contributed by atoms with van der Waals surface area (Å²) in [4.78, 5) is 19.4. The Morgan fingerprint density at radius 2 is 1.74 bits per heavy atom. The molecule has 3 heterocycles. The number of carbonyl (C=O) groups excluding carboxylic acids is 1. The average molecular weight is 596 g/mol. The summed E-state index contributed by atoms with van der Waals surface area (Å²) in [6, 6.07) is 15.6. The number of benzene rings is 2. The highest BCUT2D eigenvalue weighted by atomic mass is 19.4. The van der Waals surface area contributed by atoms with E-state index in [1.165, 1.54) is 12.1 Å². The molecular formula is C33H36F3N3O4. The monoisotopic (exact) mass is 595 g/mol. The molecular weight excluding hydrogens is 559 g/mol. The zero-order valence-corrected chi connectivity index (χ0v) is 24.5. The van der Waals surface area contributed by atoms with E-state index in [4.69, 9.17) is 9.47 Å². The predicted molar refractivity (Wildman–Crippen MR) is 156 cm³/mol. The van der Waals surface area contributed by atoms with Crippen LogP contribution in [-0.2, 0) is 15.3 Å². The van der Waals surface area contributed by atoms with Gasteiger partial charge in [0.1, 0.15) is 18.3 Å². The molecule has 2 aliphatic rings. The standard InChI is InChI=1S/C33H36F3N3O4/c1-22-12-16-37-24(3)30(22)31(40)38-17-13-23(2)39-18-14-26(15-19-39)32(41-20-21-42-32)29-7-5-4-6-28(29)25-8-10-27(11-9-25)43-33(34,35)36/h4-12,16,20-21,23,26H,13-15,17-19H2,1-3H3,(H,38,40). The molecule has 0 radical (unpaired) electrons. The molecule has 1 saturated heterocycles.